The van der Waals surface area contributed by atoms with Crippen molar-refractivity contribution in [1.82, 2.24) is 15.5 Å². The highest BCUT2D eigenvalue weighted by Crippen LogP contribution is 2.34. The second-order valence-electron chi connectivity index (χ2n) is 8.61. The predicted molar refractivity (Wildman–Crippen MR) is 142 cm³/mol. The Bertz CT molecular complexity index is 1250. The van der Waals surface area contributed by atoms with Crippen molar-refractivity contribution in [2.75, 3.05) is 43.1 Å². The van der Waals surface area contributed by atoms with Crippen LogP contribution in [-0.4, -0.2) is 43.0 Å². The monoisotopic (exact) mass is 473 g/mol. The van der Waals surface area contributed by atoms with Gasteiger partial charge in [0.15, 0.2) is 5.82 Å². The van der Waals surface area contributed by atoms with Crippen molar-refractivity contribution in [2.24, 2.45) is 0 Å². The maximum Gasteiger partial charge on any atom is 0.157 e. The van der Waals surface area contributed by atoms with Crippen molar-refractivity contribution in [3.05, 3.63) is 70.5 Å². The van der Waals surface area contributed by atoms with Crippen LogP contribution in [0.2, 0.25) is 0 Å². The summed E-state index contributed by atoms with van der Waals surface area (Å²) in [7, 11) is 0. The fourth-order valence-electron chi connectivity index (χ4n) is 4.40. The van der Waals surface area contributed by atoms with E-state index in [4.69, 9.17) is 4.74 Å². The molecule has 1 aliphatic heterocycles. The lowest BCUT2D eigenvalue weighted by Gasteiger charge is -2.29. The van der Waals surface area contributed by atoms with Crippen LogP contribution in [0.25, 0.3) is 21.9 Å². The molecule has 0 bridgehead atoms. The minimum absolute atomic E-state index is 0.117. The molecule has 0 unspecified atom stereocenters. The van der Waals surface area contributed by atoms with Crippen molar-refractivity contribution in [1.29, 1.82) is 0 Å². The van der Waals surface area contributed by atoms with Gasteiger partial charge in [0.1, 0.15) is 0 Å². The third-order valence-corrected chi connectivity index (χ3v) is 7.43. The zero-order chi connectivity index (χ0) is 23.3. The lowest BCUT2D eigenvalue weighted by Crippen LogP contribution is -2.36. The van der Waals surface area contributed by atoms with Crippen LogP contribution in [0, 0.1) is 0 Å². The summed E-state index contributed by atoms with van der Waals surface area (Å²) in [6.45, 7) is 9.53. The number of anilines is 2. The number of hydrogen-bond acceptors (Lipinski definition) is 7. The number of ether oxygens (including phenoxy) is 1. The Balaban J connectivity index is 1.38. The molecule has 6 nitrogen and oxygen atoms in total. The van der Waals surface area contributed by atoms with E-state index in [0.717, 1.165) is 56.0 Å². The Morgan fingerprint density at radius 2 is 1.97 bits per heavy atom. The van der Waals surface area contributed by atoms with Gasteiger partial charge in [0.05, 0.1) is 25.5 Å². The van der Waals surface area contributed by atoms with E-state index in [9.17, 15) is 0 Å². The second kappa shape index (κ2) is 10.5. The summed E-state index contributed by atoms with van der Waals surface area (Å²) >= 11 is 1.78. The van der Waals surface area contributed by atoms with Gasteiger partial charge in [-0.25, -0.2) is 0 Å². The highest BCUT2D eigenvalue weighted by molar-refractivity contribution is 7.10. The van der Waals surface area contributed by atoms with Gasteiger partial charge in [-0.1, -0.05) is 37.3 Å². The summed E-state index contributed by atoms with van der Waals surface area (Å²) in [5, 5.41) is 20.2. The first kappa shape index (κ1) is 22.8. The molecule has 5 rings (SSSR count). The first-order chi connectivity index (χ1) is 16.7. The maximum atomic E-state index is 5.52. The van der Waals surface area contributed by atoms with Crippen LogP contribution in [0.4, 0.5) is 11.5 Å². The van der Waals surface area contributed by atoms with E-state index in [1.807, 2.05) is 6.20 Å². The van der Waals surface area contributed by atoms with Crippen LogP contribution < -0.4 is 15.5 Å². The zero-order valence-electron chi connectivity index (χ0n) is 19.8. The molecule has 1 fully saturated rings. The van der Waals surface area contributed by atoms with E-state index in [-0.39, 0.29) is 6.04 Å². The molecule has 4 aromatic rings. The Labute approximate surface area is 205 Å². The molecule has 0 amide bonds. The van der Waals surface area contributed by atoms with Crippen molar-refractivity contribution in [3.63, 3.8) is 0 Å². The largest absolute Gasteiger partial charge is 0.378 e. The number of rotatable bonds is 8. The number of hydrogen-bond donors (Lipinski definition) is 2. The summed E-state index contributed by atoms with van der Waals surface area (Å²) in [6.07, 6.45) is 1.83. The summed E-state index contributed by atoms with van der Waals surface area (Å²) in [4.78, 5) is 3.64. The van der Waals surface area contributed by atoms with Gasteiger partial charge >= 0.3 is 0 Å². The van der Waals surface area contributed by atoms with E-state index in [0.29, 0.717) is 0 Å². The lowest BCUT2D eigenvalue weighted by atomic mass is 10.0. The minimum Gasteiger partial charge on any atom is -0.378 e. The normalized spacial score (nSPS) is 14.9. The molecule has 2 N–H and O–H groups in total. The van der Waals surface area contributed by atoms with Crippen molar-refractivity contribution >= 4 is 33.6 Å². The average Bonchev–Trinajstić information content (AvgIpc) is 3.38. The molecular weight excluding hydrogens is 442 g/mol. The van der Waals surface area contributed by atoms with E-state index in [1.54, 1.807) is 11.3 Å². The van der Waals surface area contributed by atoms with E-state index < -0.39 is 0 Å². The molecule has 3 heterocycles. The van der Waals surface area contributed by atoms with Gasteiger partial charge in [-0.3, -0.25) is 0 Å². The topological polar surface area (TPSA) is 62.3 Å². The van der Waals surface area contributed by atoms with Gasteiger partial charge in [-0.05, 0) is 53.7 Å². The quantitative estimate of drug-likeness (QED) is 0.353. The van der Waals surface area contributed by atoms with Gasteiger partial charge in [0, 0.05) is 41.0 Å². The fourth-order valence-corrected chi connectivity index (χ4v) is 5.32. The Hall–Kier alpha value is -3.00. The number of thiophene rings is 1. The van der Waals surface area contributed by atoms with E-state index >= 15 is 0 Å². The highest BCUT2D eigenvalue weighted by atomic mass is 32.1. The van der Waals surface area contributed by atoms with Gasteiger partial charge in [-0.2, -0.15) is 5.10 Å². The summed E-state index contributed by atoms with van der Waals surface area (Å²) in [6, 6.07) is 17.6. The van der Waals surface area contributed by atoms with Gasteiger partial charge in [0.2, 0.25) is 0 Å². The molecule has 1 atom stereocenters. The van der Waals surface area contributed by atoms with Crippen LogP contribution in [0.5, 0.6) is 0 Å². The summed E-state index contributed by atoms with van der Waals surface area (Å²) in [5.74, 6) is 0.822. The molecule has 2 aromatic carbocycles. The molecule has 0 saturated carbocycles. The fraction of sp³-hybridized carbons (Fsp3) is 0.333. The van der Waals surface area contributed by atoms with Crippen LogP contribution in [0.1, 0.15) is 30.3 Å². The molecular formula is C27H31N5OS. The standard InChI is InChI=1S/C27H31N5OS/c1-3-28-16-20-6-4-5-7-24(20)22-14-26(34-18-22)19(2)30-27-25-15-23(32-10-12-33-13-11-32)9-8-21(25)17-29-31-27/h4-9,14-15,17-19,28H,3,10-13,16H2,1-2H3,(H,30,31)/t19-/m1/s1. The highest BCUT2D eigenvalue weighted by Gasteiger charge is 2.16. The van der Waals surface area contributed by atoms with Crippen LogP contribution >= 0.6 is 11.3 Å². The summed E-state index contributed by atoms with van der Waals surface area (Å²) < 4.78 is 5.52. The molecule has 1 aliphatic rings. The number of aromatic nitrogens is 2. The minimum atomic E-state index is 0.117. The number of nitrogens with one attached hydrogen (secondary N) is 2. The predicted octanol–water partition coefficient (Wildman–Crippen LogP) is 5.48. The van der Waals surface area contributed by atoms with Gasteiger partial charge < -0.3 is 20.3 Å². The zero-order valence-corrected chi connectivity index (χ0v) is 20.6. The van der Waals surface area contributed by atoms with Gasteiger partial charge in [0.25, 0.3) is 0 Å². The maximum absolute atomic E-state index is 5.52. The number of benzene rings is 2. The number of fused-ring (bicyclic) bond motifs is 1. The first-order valence-electron chi connectivity index (χ1n) is 11.9. The first-order valence-corrected chi connectivity index (χ1v) is 12.8. The van der Waals surface area contributed by atoms with E-state index in [1.165, 1.54) is 27.3 Å². The molecule has 7 heteroatoms. The number of morpholine rings is 1. The van der Waals surface area contributed by atoms with Crippen LogP contribution in [0.3, 0.4) is 0 Å². The van der Waals surface area contributed by atoms with Crippen molar-refractivity contribution in [3.8, 4) is 11.1 Å². The lowest BCUT2D eigenvalue weighted by molar-refractivity contribution is 0.122. The average molecular weight is 474 g/mol. The molecule has 0 aliphatic carbocycles. The SMILES string of the molecule is CCNCc1ccccc1-c1csc([C@@H](C)Nc2nncc3ccc(N4CCOCC4)cc23)c1. The summed E-state index contributed by atoms with van der Waals surface area (Å²) in [5.41, 5.74) is 5.08. The molecule has 176 valence electrons. The van der Waals surface area contributed by atoms with Gasteiger partial charge in [-0.15, -0.1) is 16.4 Å². The third-order valence-electron chi connectivity index (χ3n) is 6.32. The second-order valence-corrected chi connectivity index (χ2v) is 9.55. The molecule has 1 saturated heterocycles. The third kappa shape index (κ3) is 4.92. The van der Waals surface area contributed by atoms with E-state index in [2.05, 4.69) is 93.5 Å². The molecule has 34 heavy (non-hydrogen) atoms. The smallest absolute Gasteiger partial charge is 0.157 e. The van der Waals surface area contributed by atoms with Crippen molar-refractivity contribution in [2.45, 2.75) is 26.4 Å². The van der Waals surface area contributed by atoms with Crippen LogP contribution in [0.15, 0.2) is 60.1 Å². The van der Waals surface area contributed by atoms with Crippen molar-refractivity contribution < 1.29 is 4.74 Å². The van der Waals surface area contributed by atoms with Crippen LogP contribution in [-0.2, 0) is 11.3 Å². The number of nitrogens with zero attached hydrogens (tertiary/aromatic N) is 3. The molecule has 0 spiro atoms. The molecule has 0 radical (unpaired) electrons. The Kier molecular flexibility index (Phi) is 7.04. The molecule has 2 aromatic heterocycles. The Morgan fingerprint density at radius 1 is 1.12 bits per heavy atom. The Morgan fingerprint density at radius 3 is 2.82 bits per heavy atom.